The SMILES string of the molecule is COC(=O)CN(Cc1cccc(Br)c1)C(=O)OCc1ccccc1. The second-order valence-corrected chi connectivity index (χ2v) is 6.02. The van der Waals surface area contributed by atoms with Gasteiger partial charge in [-0.3, -0.25) is 9.69 Å². The van der Waals surface area contributed by atoms with Gasteiger partial charge in [-0.05, 0) is 23.3 Å². The summed E-state index contributed by atoms with van der Waals surface area (Å²) in [6, 6.07) is 16.9. The second-order valence-electron chi connectivity index (χ2n) is 5.10. The van der Waals surface area contributed by atoms with Crippen LogP contribution in [0.2, 0.25) is 0 Å². The van der Waals surface area contributed by atoms with Crippen molar-refractivity contribution in [2.45, 2.75) is 13.2 Å². The molecule has 24 heavy (non-hydrogen) atoms. The number of halogens is 1. The van der Waals surface area contributed by atoms with Gasteiger partial charge in [0.15, 0.2) is 0 Å². The van der Waals surface area contributed by atoms with E-state index in [1.54, 1.807) is 0 Å². The van der Waals surface area contributed by atoms with E-state index in [9.17, 15) is 9.59 Å². The van der Waals surface area contributed by atoms with Crippen LogP contribution in [-0.4, -0.2) is 30.6 Å². The first-order valence-electron chi connectivity index (χ1n) is 7.35. The molecule has 126 valence electrons. The lowest BCUT2D eigenvalue weighted by Crippen LogP contribution is -2.36. The maximum absolute atomic E-state index is 12.3. The summed E-state index contributed by atoms with van der Waals surface area (Å²) in [6.45, 7) is 0.231. The minimum absolute atomic E-state index is 0.149. The highest BCUT2D eigenvalue weighted by Gasteiger charge is 2.19. The molecule has 0 fully saturated rings. The molecule has 0 bridgehead atoms. The maximum Gasteiger partial charge on any atom is 0.410 e. The number of amides is 1. The van der Waals surface area contributed by atoms with Crippen LogP contribution in [0.4, 0.5) is 4.79 Å². The Kier molecular flexibility index (Phi) is 6.81. The Bertz CT molecular complexity index is 690. The van der Waals surface area contributed by atoms with Crippen LogP contribution >= 0.6 is 15.9 Å². The summed E-state index contributed by atoms with van der Waals surface area (Å²) < 4.78 is 10.9. The van der Waals surface area contributed by atoms with E-state index in [-0.39, 0.29) is 19.7 Å². The first-order valence-corrected chi connectivity index (χ1v) is 8.14. The van der Waals surface area contributed by atoms with Gasteiger partial charge in [-0.2, -0.15) is 0 Å². The molecule has 0 atom stereocenters. The van der Waals surface area contributed by atoms with Crippen molar-refractivity contribution >= 4 is 28.0 Å². The third-order valence-electron chi connectivity index (χ3n) is 3.27. The summed E-state index contributed by atoms with van der Waals surface area (Å²) in [5.74, 6) is -0.498. The topological polar surface area (TPSA) is 55.8 Å². The highest BCUT2D eigenvalue weighted by Crippen LogP contribution is 2.14. The zero-order valence-electron chi connectivity index (χ0n) is 13.3. The summed E-state index contributed by atoms with van der Waals surface area (Å²) in [6.07, 6.45) is -0.566. The van der Waals surface area contributed by atoms with E-state index in [0.29, 0.717) is 0 Å². The smallest absolute Gasteiger partial charge is 0.410 e. The summed E-state index contributed by atoms with van der Waals surface area (Å²) >= 11 is 3.39. The molecule has 0 aliphatic carbocycles. The molecular formula is C18H18BrNO4. The third-order valence-corrected chi connectivity index (χ3v) is 3.77. The van der Waals surface area contributed by atoms with Crippen LogP contribution < -0.4 is 0 Å². The number of carbonyl (C=O) groups is 2. The molecule has 0 aromatic heterocycles. The van der Waals surface area contributed by atoms with E-state index in [1.165, 1.54) is 12.0 Å². The van der Waals surface area contributed by atoms with E-state index in [2.05, 4.69) is 20.7 Å². The van der Waals surface area contributed by atoms with Gasteiger partial charge >= 0.3 is 12.1 Å². The van der Waals surface area contributed by atoms with Gasteiger partial charge in [-0.1, -0.05) is 58.4 Å². The molecule has 0 radical (unpaired) electrons. The van der Waals surface area contributed by atoms with E-state index < -0.39 is 12.1 Å². The number of nitrogens with zero attached hydrogens (tertiary/aromatic N) is 1. The molecule has 1 amide bonds. The molecule has 0 heterocycles. The van der Waals surface area contributed by atoms with Gasteiger partial charge in [-0.15, -0.1) is 0 Å². The monoisotopic (exact) mass is 391 g/mol. The molecule has 0 spiro atoms. The van der Waals surface area contributed by atoms with E-state index >= 15 is 0 Å². The fourth-order valence-corrected chi connectivity index (χ4v) is 2.52. The molecule has 0 unspecified atom stereocenters. The number of hydrogen-bond acceptors (Lipinski definition) is 4. The molecule has 2 rings (SSSR count). The van der Waals surface area contributed by atoms with Crippen LogP contribution in [0.1, 0.15) is 11.1 Å². The van der Waals surface area contributed by atoms with Gasteiger partial charge in [0, 0.05) is 11.0 Å². The molecule has 0 saturated carbocycles. The Hall–Kier alpha value is -2.34. The zero-order valence-corrected chi connectivity index (χ0v) is 14.9. The van der Waals surface area contributed by atoms with Gasteiger partial charge < -0.3 is 9.47 Å². The lowest BCUT2D eigenvalue weighted by Gasteiger charge is -2.21. The van der Waals surface area contributed by atoms with Crippen LogP contribution in [0.15, 0.2) is 59.1 Å². The third kappa shape index (κ3) is 5.70. The van der Waals surface area contributed by atoms with Crippen LogP contribution in [0.25, 0.3) is 0 Å². The van der Waals surface area contributed by atoms with Crippen molar-refractivity contribution < 1.29 is 19.1 Å². The minimum atomic E-state index is -0.566. The average Bonchev–Trinajstić information content (AvgIpc) is 2.60. The molecule has 0 aliphatic heterocycles. The first-order chi connectivity index (χ1) is 11.6. The number of ether oxygens (including phenoxy) is 2. The number of esters is 1. The van der Waals surface area contributed by atoms with Crippen LogP contribution in [0.3, 0.4) is 0 Å². The van der Waals surface area contributed by atoms with Gasteiger partial charge in [0.2, 0.25) is 0 Å². The van der Waals surface area contributed by atoms with E-state index in [4.69, 9.17) is 4.74 Å². The van der Waals surface area contributed by atoms with Gasteiger partial charge in [0.25, 0.3) is 0 Å². The highest BCUT2D eigenvalue weighted by atomic mass is 79.9. The predicted molar refractivity (Wildman–Crippen MR) is 93.2 cm³/mol. The average molecular weight is 392 g/mol. The molecule has 6 heteroatoms. The molecular weight excluding hydrogens is 374 g/mol. The summed E-state index contributed by atoms with van der Waals surface area (Å²) in [7, 11) is 1.29. The quantitative estimate of drug-likeness (QED) is 0.703. The van der Waals surface area contributed by atoms with Crippen molar-refractivity contribution in [1.82, 2.24) is 4.90 Å². The molecule has 2 aromatic carbocycles. The number of carbonyl (C=O) groups excluding carboxylic acids is 2. The van der Waals surface area contributed by atoms with Crippen molar-refractivity contribution in [2.75, 3.05) is 13.7 Å². The van der Waals surface area contributed by atoms with Crippen LogP contribution in [-0.2, 0) is 27.4 Å². The second kappa shape index (κ2) is 9.08. The van der Waals surface area contributed by atoms with Crippen molar-refractivity contribution in [1.29, 1.82) is 0 Å². The summed E-state index contributed by atoms with van der Waals surface area (Å²) in [4.78, 5) is 25.2. The Labute approximate surface area is 149 Å². The Balaban J connectivity index is 2.03. The van der Waals surface area contributed by atoms with Crippen LogP contribution in [0.5, 0.6) is 0 Å². The molecule has 5 nitrogen and oxygen atoms in total. The van der Waals surface area contributed by atoms with Gasteiger partial charge in [-0.25, -0.2) is 4.79 Å². The molecule has 2 aromatic rings. The first kappa shape index (κ1) is 18.0. The largest absolute Gasteiger partial charge is 0.468 e. The fraction of sp³-hybridized carbons (Fsp3) is 0.222. The maximum atomic E-state index is 12.3. The fourth-order valence-electron chi connectivity index (χ4n) is 2.07. The number of hydrogen-bond donors (Lipinski definition) is 0. The zero-order chi connectivity index (χ0) is 17.4. The highest BCUT2D eigenvalue weighted by molar-refractivity contribution is 9.10. The van der Waals surface area contributed by atoms with Crippen molar-refractivity contribution in [3.8, 4) is 0 Å². The van der Waals surface area contributed by atoms with Gasteiger partial charge in [0.1, 0.15) is 13.2 Å². The van der Waals surface area contributed by atoms with Crippen molar-refractivity contribution in [3.05, 3.63) is 70.2 Å². The molecule has 0 aliphatic rings. The number of methoxy groups -OCH3 is 1. The van der Waals surface area contributed by atoms with Crippen molar-refractivity contribution in [2.24, 2.45) is 0 Å². The lowest BCUT2D eigenvalue weighted by atomic mass is 10.2. The van der Waals surface area contributed by atoms with Crippen molar-refractivity contribution in [3.63, 3.8) is 0 Å². The summed E-state index contributed by atoms with van der Waals surface area (Å²) in [5.41, 5.74) is 1.76. The Morgan fingerprint density at radius 2 is 1.75 bits per heavy atom. The predicted octanol–water partition coefficient (Wildman–Crippen LogP) is 3.76. The van der Waals surface area contributed by atoms with E-state index in [1.807, 2.05) is 54.6 Å². The molecule has 0 saturated heterocycles. The Morgan fingerprint density at radius 1 is 1.04 bits per heavy atom. The van der Waals surface area contributed by atoms with E-state index in [0.717, 1.165) is 15.6 Å². The van der Waals surface area contributed by atoms with Crippen LogP contribution in [0, 0.1) is 0 Å². The number of benzene rings is 2. The summed E-state index contributed by atoms with van der Waals surface area (Å²) in [5, 5.41) is 0. The Morgan fingerprint density at radius 3 is 2.42 bits per heavy atom. The number of rotatable bonds is 6. The lowest BCUT2D eigenvalue weighted by molar-refractivity contribution is -0.141. The van der Waals surface area contributed by atoms with Gasteiger partial charge in [0.05, 0.1) is 7.11 Å². The standard InChI is InChI=1S/C18H18BrNO4/c1-23-17(21)12-20(11-15-8-5-9-16(19)10-15)18(22)24-13-14-6-3-2-4-7-14/h2-10H,11-13H2,1H3. The molecule has 0 N–H and O–H groups in total. The minimum Gasteiger partial charge on any atom is -0.468 e. The normalized spacial score (nSPS) is 10.1.